The van der Waals surface area contributed by atoms with Crippen molar-refractivity contribution in [1.82, 2.24) is 0 Å². The molecule has 2 nitrogen and oxygen atoms in total. The zero-order chi connectivity index (χ0) is 16.0. The second-order valence-corrected chi connectivity index (χ2v) is 7.85. The molecule has 0 aromatic heterocycles. The molecule has 1 atom stereocenters. The topological polar surface area (TPSA) is 29.4 Å². The van der Waals surface area contributed by atoms with Crippen LogP contribution in [0.3, 0.4) is 0 Å². The molecular formula is C19H21NOS. The molecule has 3 heteroatoms. The van der Waals surface area contributed by atoms with Crippen LogP contribution < -0.4 is 0 Å². The maximum absolute atomic E-state index is 12.3. The Morgan fingerprint density at radius 2 is 1.50 bits per heavy atom. The van der Waals surface area contributed by atoms with Crippen molar-refractivity contribution in [2.24, 2.45) is 4.40 Å². The van der Waals surface area contributed by atoms with Crippen molar-refractivity contribution < 1.29 is 4.21 Å². The van der Waals surface area contributed by atoms with E-state index in [2.05, 4.69) is 4.40 Å². The van der Waals surface area contributed by atoms with Gasteiger partial charge in [0.15, 0.2) is 0 Å². The third-order valence-electron chi connectivity index (χ3n) is 3.01. The van der Waals surface area contributed by atoms with Crippen LogP contribution in [0.15, 0.2) is 71.1 Å². The van der Waals surface area contributed by atoms with Crippen LogP contribution in [0, 0.1) is 0 Å². The minimum absolute atomic E-state index is 0.374. The fourth-order valence-electron chi connectivity index (χ4n) is 1.75. The monoisotopic (exact) mass is 311 g/mol. The lowest BCUT2D eigenvalue weighted by Crippen LogP contribution is -2.20. The average Bonchev–Trinajstić information content (AvgIpc) is 2.52. The Labute approximate surface area is 135 Å². The first-order valence-corrected chi connectivity index (χ1v) is 8.37. The molecule has 0 aliphatic rings. The van der Waals surface area contributed by atoms with Gasteiger partial charge < -0.3 is 0 Å². The van der Waals surface area contributed by atoms with Gasteiger partial charge >= 0.3 is 0 Å². The molecule has 0 heterocycles. The summed E-state index contributed by atoms with van der Waals surface area (Å²) in [5, 5.41) is 0. The van der Waals surface area contributed by atoms with Crippen LogP contribution in [0.5, 0.6) is 0 Å². The first kappa shape index (κ1) is 16.4. The molecular weight excluding hydrogens is 290 g/mol. The first-order chi connectivity index (χ1) is 10.5. The van der Waals surface area contributed by atoms with Gasteiger partial charge in [-0.25, -0.2) is 4.21 Å². The molecule has 2 aromatic rings. The van der Waals surface area contributed by atoms with Crippen LogP contribution in [-0.4, -0.2) is 14.7 Å². The van der Waals surface area contributed by atoms with E-state index in [1.807, 2.05) is 93.6 Å². The lowest BCUT2D eigenvalue weighted by atomic mass is 10.1. The van der Waals surface area contributed by atoms with E-state index in [9.17, 15) is 4.21 Å². The zero-order valence-corrected chi connectivity index (χ0v) is 14.0. The van der Waals surface area contributed by atoms with Gasteiger partial charge in [0.05, 0.1) is 10.5 Å². The largest absolute Gasteiger partial charge is 0.234 e. The van der Waals surface area contributed by atoms with Gasteiger partial charge in [0.1, 0.15) is 11.0 Å². The van der Waals surface area contributed by atoms with Crippen LogP contribution in [0.4, 0.5) is 0 Å². The summed E-state index contributed by atoms with van der Waals surface area (Å²) in [4.78, 5) is 0. The molecule has 0 saturated heterocycles. The number of nitrogens with zero attached hydrogens (tertiary/aromatic N) is 1. The summed E-state index contributed by atoms with van der Waals surface area (Å²) in [6.45, 7) is 5.78. The molecule has 0 N–H and O–H groups in total. The fraction of sp³-hybridized carbons (Fsp3) is 0.211. The van der Waals surface area contributed by atoms with Gasteiger partial charge in [-0.15, -0.1) is 0 Å². The van der Waals surface area contributed by atoms with Crippen molar-refractivity contribution in [3.63, 3.8) is 0 Å². The lowest BCUT2D eigenvalue weighted by Gasteiger charge is -2.14. The fourth-order valence-corrected chi connectivity index (χ4v) is 2.37. The van der Waals surface area contributed by atoms with Crippen molar-refractivity contribution in [1.29, 1.82) is 0 Å². The lowest BCUT2D eigenvalue weighted by molar-refractivity contribution is 0.650. The van der Waals surface area contributed by atoms with E-state index in [4.69, 9.17) is 0 Å². The van der Waals surface area contributed by atoms with E-state index in [0.717, 1.165) is 16.8 Å². The SMILES string of the molecule is CC(C)(C)[S@](=O)/N=C(/C=C/c1ccccc1)c1ccccc1. The van der Waals surface area contributed by atoms with Crippen LogP contribution in [0.25, 0.3) is 6.08 Å². The Hall–Kier alpha value is -2.00. The van der Waals surface area contributed by atoms with E-state index in [1.54, 1.807) is 0 Å². The number of benzene rings is 2. The van der Waals surface area contributed by atoms with Crippen molar-refractivity contribution in [3.8, 4) is 0 Å². The second kappa shape index (κ2) is 7.32. The Morgan fingerprint density at radius 3 is 2.05 bits per heavy atom. The van der Waals surface area contributed by atoms with Gasteiger partial charge in [-0.1, -0.05) is 66.7 Å². The smallest absolute Gasteiger partial charge is 0.145 e. The molecule has 22 heavy (non-hydrogen) atoms. The molecule has 114 valence electrons. The normalized spacial score (nSPS) is 14.2. The van der Waals surface area contributed by atoms with E-state index in [-0.39, 0.29) is 4.75 Å². The predicted molar refractivity (Wildman–Crippen MR) is 96.4 cm³/mol. The van der Waals surface area contributed by atoms with Crippen LogP contribution in [-0.2, 0) is 11.0 Å². The van der Waals surface area contributed by atoms with Crippen LogP contribution in [0.1, 0.15) is 31.9 Å². The van der Waals surface area contributed by atoms with Gasteiger partial charge in [-0.05, 0) is 32.4 Å². The van der Waals surface area contributed by atoms with Gasteiger partial charge in [-0.2, -0.15) is 4.40 Å². The Kier molecular flexibility index (Phi) is 5.45. The number of hydrogen-bond acceptors (Lipinski definition) is 1. The first-order valence-electron chi connectivity index (χ1n) is 7.26. The van der Waals surface area contributed by atoms with E-state index >= 15 is 0 Å². The van der Waals surface area contributed by atoms with E-state index < -0.39 is 11.0 Å². The quantitative estimate of drug-likeness (QED) is 0.756. The number of hydrogen-bond donors (Lipinski definition) is 0. The van der Waals surface area contributed by atoms with Crippen molar-refractivity contribution in [2.75, 3.05) is 0 Å². The maximum Gasteiger partial charge on any atom is 0.145 e. The summed E-state index contributed by atoms with van der Waals surface area (Å²) < 4.78 is 16.4. The summed E-state index contributed by atoms with van der Waals surface area (Å²) in [7, 11) is -1.29. The molecule has 0 unspecified atom stereocenters. The van der Waals surface area contributed by atoms with Crippen molar-refractivity contribution in [2.45, 2.75) is 25.5 Å². The molecule has 0 aliphatic heterocycles. The molecule has 0 amide bonds. The molecule has 0 spiro atoms. The summed E-state index contributed by atoms with van der Waals surface area (Å²) in [6, 6.07) is 19.9. The molecule has 2 rings (SSSR count). The summed E-state index contributed by atoms with van der Waals surface area (Å²) >= 11 is 0. The van der Waals surface area contributed by atoms with Gasteiger partial charge in [0, 0.05) is 5.56 Å². The zero-order valence-electron chi connectivity index (χ0n) is 13.2. The summed E-state index contributed by atoms with van der Waals surface area (Å²) in [5.74, 6) is 0. The highest BCUT2D eigenvalue weighted by Gasteiger charge is 2.19. The second-order valence-electron chi connectivity index (χ2n) is 5.95. The Balaban J connectivity index is 2.37. The third-order valence-corrected chi connectivity index (χ3v) is 4.42. The molecule has 0 fully saturated rings. The van der Waals surface area contributed by atoms with E-state index in [1.165, 1.54) is 0 Å². The van der Waals surface area contributed by atoms with Crippen LogP contribution >= 0.6 is 0 Å². The highest BCUT2D eigenvalue weighted by molar-refractivity contribution is 7.85. The Bertz CT molecular complexity index is 682. The maximum atomic E-state index is 12.3. The molecule has 0 radical (unpaired) electrons. The minimum atomic E-state index is -1.29. The summed E-state index contributed by atoms with van der Waals surface area (Å²) in [6.07, 6.45) is 3.92. The van der Waals surface area contributed by atoms with Gasteiger partial charge in [0.25, 0.3) is 0 Å². The molecule has 0 aliphatic carbocycles. The predicted octanol–water partition coefficient (Wildman–Crippen LogP) is 4.65. The van der Waals surface area contributed by atoms with Gasteiger partial charge in [0.2, 0.25) is 0 Å². The highest BCUT2D eigenvalue weighted by Crippen LogP contribution is 2.15. The van der Waals surface area contributed by atoms with Gasteiger partial charge in [-0.3, -0.25) is 0 Å². The number of allylic oxidation sites excluding steroid dienone is 1. The van der Waals surface area contributed by atoms with Crippen molar-refractivity contribution in [3.05, 3.63) is 77.9 Å². The molecule has 0 bridgehead atoms. The molecule has 0 saturated carbocycles. The van der Waals surface area contributed by atoms with Crippen molar-refractivity contribution >= 4 is 22.8 Å². The Morgan fingerprint density at radius 1 is 0.955 bits per heavy atom. The average molecular weight is 311 g/mol. The number of rotatable bonds is 4. The standard InChI is InChI=1S/C19H21NOS/c1-19(2,3)22(21)20-18(17-12-8-5-9-13-17)15-14-16-10-6-4-7-11-16/h4-15H,1-3H3/b15-14+,20-18-/t22-/m0/s1. The highest BCUT2D eigenvalue weighted by atomic mass is 32.2. The third kappa shape index (κ3) is 4.78. The summed E-state index contributed by atoms with van der Waals surface area (Å²) in [5.41, 5.74) is 2.79. The van der Waals surface area contributed by atoms with Crippen LogP contribution in [0.2, 0.25) is 0 Å². The molecule has 2 aromatic carbocycles. The van der Waals surface area contributed by atoms with E-state index in [0.29, 0.717) is 0 Å². The minimum Gasteiger partial charge on any atom is -0.234 e.